The highest BCUT2D eigenvalue weighted by Crippen LogP contribution is 2.08. The molecule has 1 rings (SSSR count). The summed E-state index contributed by atoms with van der Waals surface area (Å²) in [6.07, 6.45) is 7.54. The van der Waals surface area contributed by atoms with Crippen molar-refractivity contribution in [1.82, 2.24) is 5.32 Å². The van der Waals surface area contributed by atoms with E-state index in [0.717, 1.165) is 24.0 Å². The molecule has 84 valence electrons. The van der Waals surface area contributed by atoms with E-state index in [1.165, 1.54) is 0 Å². The van der Waals surface area contributed by atoms with Crippen molar-refractivity contribution in [3.05, 3.63) is 35.4 Å². The Bertz CT molecular complexity index is 390. The van der Waals surface area contributed by atoms with E-state index >= 15 is 0 Å². The van der Waals surface area contributed by atoms with Gasteiger partial charge in [-0.25, -0.2) is 0 Å². The van der Waals surface area contributed by atoms with E-state index in [9.17, 15) is 4.79 Å². The van der Waals surface area contributed by atoms with Crippen molar-refractivity contribution >= 4 is 5.91 Å². The minimum Gasteiger partial charge on any atom is -0.352 e. The van der Waals surface area contributed by atoms with E-state index in [4.69, 9.17) is 6.42 Å². The maximum Gasteiger partial charge on any atom is 0.251 e. The van der Waals surface area contributed by atoms with E-state index < -0.39 is 0 Å². The quantitative estimate of drug-likeness (QED) is 0.593. The summed E-state index contributed by atoms with van der Waals surface area (Å²) in [6, 6.07) is 7.68. The molecule has 2 heteroatoms. The van der Waals surface area contributed by atoms with Crippen molar-refractivity contribution in [3.8, 4) is 12.3 Å². The minimum atomic E-state index is -0.00512. The number of unbranched alkanes of at least 4 members (excludes halogenated alkanes) is 1. The van der Waals surface area contributed by atoms with E-state index in [1.807, 2.05) is 31.2 Å². The summed E-state index contributed by atoms with van der Waals surface area (Å²) in [4.78, 5) is 11.8. The second-order valence-electron chi connectivity index (χ2n) is 3.57. The first-order valence-corrected chi connectivity index (χ1v) is 5.59. The molecule has 0 aliphatic rings. The summed E-state index contributed by atoms with van der Waals surface area (Å²) in [5.74, 6) is 2.55. The van der Waals surface area contributed by atoms with Crippen LogP contribution < -0.4 is 5.32 Å². The highest BCUT2D eigenvalue weighted by Gasteiger charge is 2.08. The van der Waals surface area contributed by atoms with Crippen LogP contribution in [0.5, 0.6) is 0 Å². The van der Waals surface area contributed by atoms with Gasteiger partial charge in [0.1, 0.15) is 0 Å². The van der Waals surface area contributed by atoms with Crippen molar-refractivity contribution < 1.29 is 4.79 Å². The van der Waals surface area contributed by atoms with Gasteiger partial charge in [0.2, 0.25) is 0 Å². The van der Waals surface area contributed by atoms with Crippen molar-refractivity contribution in [2.45, 2.75) is 26.2 Å². The number of hydrogen-bond donors (Lipinski definition) is 1. The Morgan fingerprint density at radius 3 is 2.88 bits per heavy atom. The molecule has 0 fully saturated rings. The molecule has 0 unspecified atom stereocenters. The molecule has 0 atom stereocenters. The molecule has 0 spiro atoms. The van der Waals surface area contributed by atoms with Crippen LogP contribution in [-0.2, 0) is 6.42 Å². The van der Waals surface area contributed by atoms with Gasteiger partial charge in [0.25, 0.3) is 5.91 Å². The van der Waals surface area contributed by atoms with Crippen molar-refractivity contribution in [2.75, 3.05) is 6.54 Å². The second-order valence-corrected chi connectivity index (χ2v) is 3.57. The number of amides is 1. The Morgan fingerprint density at radius 1 is 1.44 bits per heavy atom. The molecule has 1 aromatic rings. The van der Waals surface area contributed by atoms with Crippen LogP contribution in [0.15, 0.2) is 24.3 Å². The summed E-state index contributed by atoms with van der Waals surface area (Å²) in [5.41, 5.74) is 1.85. The fourth-order valence-corrected chi connectivity index (χ4v) is 1.54. The average molecular weight is 215 g/mol. The van der Waals surface area contributed by atoms with Gasteiger partial charge in [0, 0.05) is 18.5 Å². The molecule has 2 nitrogen and oxygen atoms in total. The zero-order chi connectivity index (χ0) is 11.8. The molecule has 0 heterocycles. The summed E-state index contributed by atoms with van der Waals surface area (Å²) in [7, 11) is 0. The molecule has 16 heavy (non-hydrogen) atoms. The summed E-state index contributed by atoms with van der Waals surface area (Å²) in [6.45, 7) is 2.69. The molecule has 0 aromatic heterocycles. The minimum absolute atomic E-state index is 0.00512. The molecule has 0 bridgehead atoms. The lowest BCUT2D eigenvalue weighted by molar-refractivity contribution is 0.0952. The van der Waals surface area contributed by atoms with Gasteiger partial charge < -0.3 is 5.32 Å². The van der Waals surface area contributed by atoms with Crippen molar-refractivity contribution in [3.63, 3.8) is 0 Å². The fraction of sp³-hybridized carbons (Fsp3) is 0.357. The van der Waals surface area contributed by atoms with Crippen LogP contribution in [0.2, 0.25) is 0 Å². The normalized spacial score (nSPS) is 9.50. The van der Waals surface area contributed by atoms with Crippen LogP contribution >= 0.6 is 0 Å². The maximum absolute atomic E-state index is 11.8. The topological polar surface area (TPSA) is 29.1 Å². The third-order valence-electron chi connectivity index (χ3n) is 2.43. The monoisotopic (exact) mass is 215 g/mol. The van der Waals surface area contributed by atoms with Gasteiger partial charge >= 0.3 is 0 Å². The Balaban J connectivity index is 2.56. The van der Waals surface area contributed by atoms with Gasteiger partial charge in [-0.1, -0.05) is 25.1 Å². The number of benzene rings is 1. The number of rotatable bonds is 5. The predicted molar refractivity (Wildman–Crippen MR) is 66.2 cm³/mol. The molecule has 0 radical (unpaired) electrons. The summed E-state index contributed by atoms with van der Waals surface area (Å²) < 4.78 is 0. The van der Waals surface area contributed by atoms with Crippen LogP contribution in [0.3, 0.4) is 0 Å². The van der Waals surface area contributed by atoms with Crippen molar-refractivity contribution in [2.24, 2.45) is 0 Å². The van der Waals surface area contributed by atoms with E-state index in [-0.39, 0.29) is 5.91 Å². The summed E-state index contributed by atoms with van der Waals surface area (Å²) in [5, 5.41) is 2.87. The molecule has 0 aliphatic heterocycles. The first kappa shape index (κ1) is 12.3. The fourth-order valence-electron chi connectivity index (χ4n) is 1.54. The molecule has 1 aromatic carbocycles. The molecule has 0 saturated carbocycles. The number of nitrogens with one attached hydrogen (secondary N) is 1. The Labute approximate surface area is 97.1 Å². The van der Waals surface area contributed by atoms with Gasteiger partial charge in [0.15, 0.2) is 0 Å². The van der Waals surface area contributed by atoms with Gasteiger partial charge in [-0.05, 0) is 24.5 Å². The molecular weight excluding hydrogens is 198 g/mol. The standard InChI is InChI=1S/C14H17NO/c1-3-5-8-11-15-14(16)13-10-7-6-9-12(13)4-2/h1,6-7,9-10H,4-5,8,11H2,2H3,(H,15,16). The number of hydrogen-bond acceptors (Lipinski definition) is 1. The third-order valence-corrected chi connectivity index (χ3v) is 2.43. The Kier molecular flexibility index (Phi) is 5.15. The van der Waals surface area contributed by atoms with Gasteiger partial charge in [-0.2, -0.15) is 0 Å². The first-order chi connectivity index (χ1) is 7.79. The van der Waals surface area contributed by atoms with Gasteiger partial charge in [0.05, 0.1) is 0 Å². The molecular formula is C14H17NO. The van der Waals surface area contributed by atoms with E-state index in [0.29, 0.717) is 13.0 Å². The average Bonchev–Trinajstić information content (AvgIpc) is 2.34. The number of terminal acetylenes is 1. The van der Waals surface area contributed by atoms with Crippen molar-refractivity contribution in [1.29, 1.82) is 0 Å². The first-order valence-electron chi connectivity index (χ1n) is 5.59. The molecule has 1 N–H and O–H groups in total. The maximum atomic E-state index is 11.8. The third kappa shape index (κ3) is 3.43. The van der Waals surface area contributed by atoms with Gasteiger partial charge in [-0.15, -0.1) is 12.3 Å². The summed E-state index contributed by atoms with van der Waals surface area (Å²) >= 11 is 0. The zero-order valence-electron chi connectivity index (χ0n) is 9.62. The second kappa shape index (κ2) is 6.68. The predicted octanol–water partition coefficient (Wildman–Crippen LogP) is 2.39. The number of aryl methyl sites for hydroxylation is 1. The van der Waals surface area contributed by atoms with Crippen LogP contribution in [0.25, 0.3) is 0 Å². The molecule has 0 saturated heterocycles. The Morgan fingerprint density at radius 2 is 2.19 bits per heavy atom. The molecule has 1 amide bonds. The lowest BCUT2D eigenvalue weighted by Crippen LogP contribution is -2.25. The molecule has 0 aliphatic carbocycles. The largest absolute Gasteiger partial charge is 0.352 e. The lowest BCUT2D eigenvalue weighted by Gasteiger charge is -2.07. The highest BCUT2D eigenvalue weighted by molar-refractivity contribution is 5.95. The zero-order valence-corrected chi connectivity index (χ0v) is 9.62. The van der Waals surface area contributed by atoms with Crippen LogP contribution in [0.4, 0.5) is 0 Å². The smallest absolute Gasteiger partial charge is 0.251 e. The highest BCUT2D eigenvalue weighted by atomic mass is 16.1. The Hall–Kier alpha value is -1.75. The van der Waals surface area contributed by atoms with Crippen LogP contribution in [-0.4, -0.2) is 12.5 Å². The van der Waals surface area contributed by atoms with E-state index in [2.05, 4.69) is 11.2 Å². The number of carbonyl (C=O) groups is 1. The van der Waals surface area contributed by atoms with Crippen LogP contribution in [0, 0.1) is 12.3 Å². The number of carbonyl (C=O) groups excluding carboxylic acids is 1. The van der Waals surface area contributed by atoms with E-state index in [1.54, 1.807) is 0 Å². The SMILES string of the molecule is C#CCCCNC(=O)c1ccccc1CC. The lowest BCUT2D eigenvalue weighted by atomic mass is 10.0. The van der Waals surface area contributed by atoms with Crippen LogP contribution in [0.1, 0.15) is 35.7 Å². The van der Waals surface area contributed by atoms with Gasteiger partial charge in [-0.3, -0.25) is 4.79 Å².